The Morgan fingerprint density at radius 1 is 1.29 bits per heavy atom. The van der Waals surface area contributed by atoms with E-state index in [1.807, 2.05) is 0 Å². The van der Waals surface area contributed by atoms with Crippen LogP contribution in [0.5, 0.6) is 0 Å². The number of nitrogens with zero attached hydrogens (tertiary/aromatic N) is 1. The van der Waals surface area contributed by atoms with E-state index in [4.69, 9.17) is 0 Å². The van der Waals surface area contributed by atoms with Crippen molar-refractivity contribution in [2.75, 3.05) is 13.1 Å². The Kier molecular flexibility index (Phi) is 2.03. The summed E-state index contributed by atoms with van der Waals surface area (Å²) >= 11 is 0. The van der Waals surface area contributed by atoms with Crippen LogP contribution in [0.3, 0.4) is 0 Å². The molecule has 1 aromatic carbocycles. The van der Waals surface area contributed by atoms with Gasteiger partial charge in [0.25, 0.3) is 0 Å². The highest BCUT2D eigenvalue weighted by molar-refractivity contribution is 5.16. The van der Waals surface area contributed by atoms with Gasteiger partial charge in [0.1, 0.15) is 0 Å². The van der Waals surface area contributed by atoms with Crippen LogP contribution in [0.1, 0.15) is 12.0 Å². The Morgan fingerprint density at radius 3 is 2.93 bits per heavy atom. The minimum absolute atomic E-state index is 0.790. The van der Waals surface area contributed by atoms with Crippen molar-refractivity contribution in [2.24, 2.45) is 0 Å². The third kappa shape index (κ3) is 1.35. The highest BCUT2D eigenvalue weighted by Gasteiger charge is 2.41. The van der Waals surface area contributed by atoms with Crippen LogP contribution in [0.25, 0.3) is 0 Å². The Bertz CT molecular complexity index is 309. The fraction of sp³-hybridized carbons (Fsp3) is 0.500. The van der Waals surface area contributed by atoms with Crippen LogP contribution in [0, 0.1) is 0 Å². The van der Waals surface area contributed by atoms with Crippen LogP contribution in [0.15, 0.2) is 30.3 Å². The molecule has 1 N–H and O–H groups in total. The molecule has 0 spiro atoms. The average molecular weight is 188 g/mol. The van der Waals surface area contributed by atoms with Gasteiger partial charge in [-0.1, -0.05) is 30.3 Å². The van der Waals surface area contributed by atoms with Crippen LogP contribution in [0.4, 0.5) is 0 Å². The highest BCUT2D eigenvalue weighted by atomic mass is 15.3. The third-order valence-corrected chi connectivity index (χ3v) is 3.44. The van der Waals surface area contributed by atoms with E-state index in [1.165, 1.54) is 25.1 Å². The second-order valence-corrected chi connectivity index (χ2v) is 4.33. The highest BCUT2D eigenvalue weighted by Crippen LogP contribution is 2.27. The predicted octanol–water partition coefficient (Wildman–Crippen LogP) is 1.23. The first-order valence-electron chi connectivity index (χ1n) is 5.45. The lowest BCUT2D eigenvalue weighted by Gasteiger charge is -2.44. The summed E-state index contributed by atoms with van der Waals surface area (Å²) in [5.74, 6) is 0. The number of hydrogen-bond donors (Lipinski definition) is 1. The molecule has 0 aliphatic carbocycles. The number of hydrogen-bond acceptors (Lipinski definition) is 2. The van der Waals surface area contributed by atoms with Gasteiger partial charge < -0.3 is 5.32 Å². The molecule has 3 rings (SSSR count). The Hall–Kier alpha value is -0.860. The fourth-order valence-electron chi connectivity index (χ4n) is 2.63. The minimum Gasteiger partial charge on any atom is -0.311 e. The Balaban J connectivity index is 1.64. The monoisotopic (exact) mass is 188 g/mol. The maximum absolute atomic E-state index is 3.53. The van der Waals surface area contributed by atoms with Gasteiger partial charge in [0.15, 0.2) is 0 Å². The molecule has 2 heterocycles. The number of rotatable bonds is 2. The summed E-state index contributed by atoms with van der Waals surface area (Å²) in [7, 11) is 0. The van der Waals surface area contributed by atoms with Crippen molar-refractivity contribution in [3.8, 4) is 0 Å². The summed E-state index contributed by atoms with van der Waals surface area (Å²) in [6, 6.07) is 12.4. The van der Waals surface area contributed by atoms with E-state index in [0.29, 0.717) is 0 Å². The zero-order valence-electron chi connectivity index (χ0n) is 8.32. The van der Waals surface area contributed by atoms with E-state index in [9.17, 15) is 0 Å². The molecule has 2 saturated heterocycles. The molecule has 2 nitrogen and oxygen atoms in total. The molecule has 74 valence electrons. The molecular formula is C12H16N2. The fourth-order valence-corrected chi connectivity index (χ4v) is 2.63. The molecule has 2 aliphatic rings. The van der Waals surface area contributed by atoms with Crippen molar-refractivity contribution in [2.45, 2.75) is 25.0 Å². The van der Waals surface area contributed by atoms with Gasteiger partial charge in [0.2, 0.25) is 0 Å². The van der Waals surface area contributed by atoms with Crippen LogP contribution in [0.2, 0.25) is 0 Å². The molecule has 2 atom stereocenters. The van der Waals surface area contributed by atoms with Gasteiger partial charge in [0, 0.05) is 25.2 Å². The summed E-state index contributed by atoms with van der Waals surface area (Å²) in [5.41, 5.74) is 1.44. The van der Waals surface area contributed by atoms with Crippen molar-refractivity contribution in [3.63, 3.8) is 0 Å². The summed E-state index contributed by atoms with van der Waals surface area (Å²) < 4.78 is 0. The van der Waals surface area contributed by atoms with Crippen molar-refractivity contribution in [3.05, 3.63) is 35.9 Å². The van der Waals surface area contributed by atoms with Crippen LogP contribution < -0.4 is 5.32 Å². The molecule has 14 heavy (non-hydrogen) atoms. The molecule has 0 aromatic heterocycles. The lowest BCUT2D eigenvalue weighted by atomic mass is 9.97. The maximum atomic E-state index is 3.53. The third-order valence-electron chi connectivity index (χ3n) is 3.44. The topological polar surface area (TPSA) is 15.3 Å². The molecule has 2 aliphatic heterocycles. The second-order valence-electron chi connectivity index (χ2n) is 4.33. The molecule has 2 heteroatoms. The SMILES string of the molecule is c1ccc(CN2C[C@H]3NCC[C@H]32)cc1. The van der Waals surface area contributed by atoms with Gasteiger partial charge >= 0.3 is 0 Å². The Morgan fingerprint density at radius 2 is 2.14 bits per heavy atom. The number of likely N-dealkylation sites (tertiary alicyclic amines) is 1. The standard InChI is InChI=1S/C12H16N2/c1-2-4-10(5-3-1)8-14-9-11-12(14)6-7-13-11/h1-5,11-13H,6-9H2/t11-,12-/m1/s1. The van der Waals surface area contributed by atoms with E-state index >= 15 is 0 Å². The van der Waals surface area contributed by atoms with Crippen LogP contribution >= 0.6 is 0 Å². The zero-order valence-corrected chi connectivity index (χ0v) is 8.32. The lowest BCUT2D eigenvalue weighted by Crippen LogP contribution is -2.60. The van der Waals surface area contributed by atoms with E-state index in [1.54, 1.807) is 0 Å². The first kappa shape index (κ1) is 8.45. The molecule has 0 radical (unpaired) electrons. The van der Waals surface area contributed by atoms with E-state index in [2.05, 4.69) is 40.5 Å². The minimum atomic E-state index is 0.790. The van der Waals surface area contributed by atoms with Crippen molar-refractivity contribution in [1.29, 1.82) is 0 Å². The summed E-state index contributed by atoms with van der Waals surface area (Å²) in [6.45, 7) is 3.57. The van der Waals surface area contributed by atoms with Crippen molar-refractivity contribution >= 4 is 0 Å². The lowest BCUT2D eigenvalue weighted by molar-refractivity contribution is 0.0653. The van der Waals surface area contributed by atoms with E-state index < -0.39 is 0 Å². The van der Waals surface area contributed by atoms with Gasteiger partial charge in [-0.25, -0.2) is 0 Å². The average Bonchev–Trinajstić information content (AvgIpc) is 2.58. The smallest absolute Gasteiger partial charge is 0.0352 e. The largest absolute Gasteiger partial charge is 0.311 e. The molecule has 0 bridgehead atoms. The normalized spacial score (nSPS) is 31.1. The molecule has 1 aromatic rings. The van der Waals surface area contributed by atoms with Gasteiger partial charge in [-0.3, -0.25) is 4.90 Å². The number of nitrogens with one attached hydrogen (secondary N) is 1. The second kappa shape index (κ2) is 3.37. The molecule has 0 amide bonds. The van der Waals surface area contributed by atoms with Gasteiger partial charge in [-0.15, -0.1) is 0 Å². The first-order valence-corrected chi connectivity index (χ1v) is 5.45. The van der Waals surface area contributed by atoms with E-state index in [-0.39, 0.29) is 0 Å². The van der Waals surface area contributed by atoms with Gasteiger partial charge in [-0.05, 0) is 18.5 Å². The molecule has 0 saturated carbocycles. The number of fused-ring (bicyclic) bond motifs is 1. The maximum Gasteiger partial charge on any atom is 0.0352 e. The first-order chi connectivity index (χ1) is 6.93. The molecule has 0 unspecified atom stereocenters. The zero-order chi connectivity index (χ0) is 9.38. The van der Waals surface area contributed by atoms with Crippen LogP contribution in [-0.4, -0.2) is 30.1 Å². The van der Waals surface area contributed by atoms with E-state index in [0.717, 1.165) is 18.6 Å². The summed E-state index contributed by atoms with van der Waals surface area (Å²) in [6.07, 6.45) is 1.33. The molecule has 2 fully saturated rings. The predicted molar refractivity (Wildman–Crippen MR) is 57.0 cm³/mol. The van der Waals surface area contributed by atoms with Crippen molar-refractivity contribution < 1.29 is 0 Å². The summed E-state index contributed by atoms with van der Waals surface area (Å²) in [5, 5.41) is 3.53. The van der Waals surface area contributed by atoms with Gasteiger partial charge in [-0.2, -0.15) is 0 Å². The summed E-state index contributed by atoms with van der Waals surface area (Å²) in [4.78, 5) is 2.58. The molecular weight excluding hydrogens is 172 g/mol. The Labute approximate surface area is 84.9 Å². The van der Waals surface area contributed by atoms with Crippen LogP contribution in [-0.2, 0) is 6.54 Å². The number of benzene rings is 1. The van der Waals surface area contributed by atoms with Gasteiger partial charge in [0.05, 0.1) is 0 Å². The quantitative estimate of drug-likeness (QED) is 0.751. The van der Waals surface area contributed by atoms with Crippen molar-refractivity contribution in [1.82, 2.24) is 10.2 Å².